The summed E-state index contributed by atoms with van der Waals surface area (Å²) in [5.41, 5.74) is 1.30. The van der Waals surface area contributed by atoms with Crippen molar-refractivity contribution in [2.45, 2.75) is 13.2 Å². The minimum absolute atomic E-state index is 0.0228. The number of ether oxygens (including phenoxy) is 2. The fraction of sp³-hybridized carbons (Fsp3) is 0.200. The summed E-state index contributed by atoms with van der Waals surface area (Å²) in [5.74, 6) is -0.644. The molecule has 0 saturated heterocycles. The topological polar surface area (TPSA) is 68.7 Å². The minimum atomic E-state index is -1.08. The highest BCUT2D eigenvalue weighted by molar-refractivity contribution is 5.87. The number of nitrogens with zero attached hydrogens (tertiary/aromatic N) is 1. The first-order valence-corrected chi connectivity index (χ1v) is 6.06. The predicted molar refractivity (Wildman–Crippen MR) is 72.8 cm³/mol. The van der Waals surface area contributed by atoms with Gasteiger partial charge in [-0.25, -0.2) is 9.78 Å². The molecule has 104 valence electrons. The molecule has 1 atom stereocenters. The normalized spacial score (nSPS) is 11.9. The van der Waals surface area contributed by atoms with Crippen LogP contribution in [-0.2, 0) is 4.74 Å². The van der Waals surface area contributed by atoms with E-state index in [-0.39, 0.29) is 5.69 Å². The summed E-state index contributed by atoms with van der Waals surface area (Å²) in [6.45, 7) is 1.66. The third-order valence-electron chi connectivity index (χ3n) is 2.88. The Labute approximate surface area is 116 Å². The van der Waals surface area contributed by atoms with Crippen molar-refractivity contribution in [3.63, 3.8) is 0 Å². The van der Waals surface area contributed by atoms with Crippen molar-refractivity contribution in [1.82, 2.24) is 4.98 Å². The van der Waals surface area contributed by atoms with Crippen molar-refractivity contribution < 1.29 is 19.4 Å². The van der Waals surface area contributed by atoms with Crippen LogP contribution in [0.15, 0.2) is 42.6 Å². The molecule has 2 rings (SSSR count). The van der Waals surface area contributed by atoms with Crippen LogP contribution < -0.4 is 4.74 Å². The van der Waals surface area contributed by atoms with Crippen LogP contribution in [0.25, 0.3) is 0 Å². The molecule has 20 heavy (non-hydrogen) atoms. The van der Waals surface area contributed by atoms with E-state index in [9.17, 15) is 4.79 Å². The van der Waals surface area contributed by atoms with Crippen molar-refractivity contribution in [3.05, 3.63) is 59.4 Å². The van der Waals surface area contributed by atoms with E-state index < -0.39 is 12.3 Å². The second-order valence-electron chi connectivity index (χ2n) is 4.18. The summed E-state index contributed by atoms with van der Waals surface area (Å²) >= 11 is 0. The van der Waals surface area contributed by atoms with E-state index in [0.29, 0.717) is 11.3 Å². The molecule has 0 bridgehead atoms. The Bertz CT molecular complexity index is 598. The van der Waals surface area contributed by atoms with Crippen molar-refractivity contribution in [3.8, 4) is 5.75 Å². The zero-order valence-electron chi connectivity index (χ0n) is 11.2. The van der Waals surface area contributed by atoms with Gasteiger partial charge in [-0.05, 0) is 13.0 Å². The van der Waals surface area contributed by atoms with E-state index in [2.05, 4.69) is 4.98 Å². The third-order valence-corrected chi connectivity index (χ3v) is 2.88. The van der Waals surface area contributed by atoms with Gasteiger partial charge >= 0.3 is 5.97 Å². The van der Waals surface area contributed by atoms with Crippen molar-refractivity contribution in [1.29, 1.82) is 0 Å². The fourth-order valence-corrected chi connectivity index (χ4v) is 1.84. The molecule has 0 aliphatic carbocycles. The zero-order chi connectivity index (χ0) is 14.5. The molecule has 0 aliphatic heterocycles. The average Bonchev–Trinajstić information content (AvgIpc) is 2.47. The van der Waals surface area contributed by atoms with Gasteiger partial charge in [-0.2, -0.15) is 0 Å². The Balaban J connectivity index is 2.29. The van der Waals surface area contributed by atoms with E-state index in [1.54, 1.807) is 13.0 Å². The number of rotatable bonds is 5. The van der Waals surface area contributed by atoms with Crippen LogP contribution in [0.4, 0.5) is 0 Å². The van der Waals surface area contributed by atoms with Gasteiger partial charge < -0.3 is 14.6 Å². The molecule has 5 heteroatoms. The third kappa shape index (κ3) is 2.95. The monoisotopic (exact) mass is 273 g/mol. The molecule has 1 heterocycles. The number of hydrogen-bond donors (Lipinski definition) is 1. The summed E-state index contributed by atoms with van der Waals surface area (Å²) in [6, 6.07) is 11.0. The molecule has 1 aromatic carbocycles. The number of aromatic carboxylic acids is 1. The van der Waals surface area contributed by atoms with Gasteiger partial charge in [0.25, 0.3) is 0 Å². The average molecular weight is 273 g/mol. The molecule has 1 unspecified atom stereocenters. The van der Waals surface area contributed by atoms with Gasteiger partial charge in [-0.3, -0.25) is 0 Å². The molecule has 5 nitrogen and oxygen atoms in total. The summed E-state index contributed by atoms with van der Waals surface area (Å²) < 4.78 is 11.1. The number of benzene rings is 1. The Morgan fingerprint density at radius 1 is 1.25 bits per heavy atom. The molecule has 1 aromatic heterocycles. The molecule has 1 N–H and O–H groups in total. The Morgan fingerprint density at radius 3 is 2.55 bits per heavy atom. The number of hydrogen-bond acceptors (Lipinski definition) is 4. The van der Waals surface area contributed by atoms with Crippen LogP contribution in [0.2, 0.25) is 0 Å². The molecule has 0 amide bonds. The molecule has 0 spiro atoms. The first kappa shape index (κ1) is 14.0. The van der Waals surface area contributed by atoms with Crippen LogP contribution in [-0.4, -0.2) is 23.2 Å². The lowest BCUT2D eigenvalue weighted by Gasteiger charge is -2.19. The predicted octanol–water partition coefficient (Wildman–Crippen LogP) is 2.81. The van der Waals surface area contributed by atoms with E-state index in [1.165, 1.54) is 13.3 Å². The minimum Gasteiger partial charge on any atom is -0.477 e. The van der Waals surface area contributed by atoms with Crippen molar-refractivity contribution >= 4 is 5.97 Å². The van der Waals surface area contributed by atoms with Gasteiger partial charge in [0, 0.05) is 24.4 Å². The van der Waals surface area contributed by atoms with Gasteiger partial charge in [0.05, 0.1) is 0 Å². The van der Waals surface area contributed by atoms with Crippen LogP contribution in [0, 0.1) is 6.92 Å². The SMILES string of the molecule is COC(Oc1ccnc(C(=O)O)c1C)c1ccccc1. The fourth-order valence-electron chi connectivity index (χ4n) is 1.84. The van der Waals surface area contributed by atoms with E-state index in [0.717, 1.165) is 5.56 Å². The lowest BCUT2D eigenvalue weighted by atomic mass is 10.2. The lowest BCUT2D eigenvalue weighted by Crippen LogP contribution is -2.12. The molecular weight excluding hydrogens is 258 g/mol. The lowest BCUT2D eigenvalue weighted by molar-refractivity contribution is -0.0567. The van der Waals surface area contributed by atoms with E-state index in [1.807, 2.05) is 30.3 Å². The molecule has 0 saturated carbocycles. The number of carbonyl (C=O) groups is 1. The maximum Gasteiger partial charge on any atom is 0.354 e. The highest BCUT2D eigenvalue weighted by atomic mass is 16.7. The number of pyridine rings is 1. The molecule has 0 aliphatic rings. The number of carboxylic acid groups (broad SMARTS) is 1. The Kier molecular flexibility index (Phi) is 4.32. The molecular formula is C15H15NO4. The number of aromatic nitrogens is 1. The second-order valence-corrected chi connectivity index (χ2v) is 4.18. The molecule has 0 fully saturated rings. The van der Waals surface area contributed by atoms with Gasteiger partial charge in [0.2, 0.25) is 6.29 Å². The highest BCUT2D eigenvalue weighted by Crippen LogP contribution is 2.26. The maximum absolute atomic E-state index is 11.0. The first-order chi connectivity index (χ1) is 9.63. The van der Waals surface area contributed by atoms with Gasteiger partial charge in [0.15, 0.2) is 5.69 Å². The summed E-state index contributed by atoms with van der Waals surface area (Å²) in [5, 5.41) is 9.05. The van der Waals surface area contributed by atoms with Crippen LogP contribution in [0.3, 0.4) is 0 Å². The summed E-state index contributed by atoms with van der Waals surface area (Å²) in [6.07, 6.45) is 0.808. The van der Waals surface area contributed by atoms with Gasteiger partial charge in [0.1, 0.15) is 5.75 Å². The van der Waals surface area contributed by atoms with Gasteiger partial charge in [-0.1, -0.05) is 30.3 Å². The van der Waals surface area contributed by atoms with Crippen molar-refractivity contribution in [2.75, 3.05) is 7.11 Å². The Morgan fingerprint density at radius 2 is 1.95 bits per heavy atom. The van der Waals surface area contributed by atoms with Crippen LogP contribution in [0.5, 0.6) is 5.75 Å². The largest absolute Gasteiger partial charge is 0.477 e. The standard InChI is InChI=1S/C15H15NO4/c1-10-12(8-9-16-13(10)14(17)18)20-15(19-2)11-6-4-3-5-7-11/h3-9,15H,1-2H3,(H,17,18). The number of methoxy groups -OCH3 is 1. The highest BCUT2D eigenvalue weighted by Gasteiger charge is 2.17. The Hall–Kier alpha value is -2.40. The summed E-state index contributed by atoms with van der Waals surface area (Å²) in [4.78, 5) is 14.9. The maximum atomic E-state index is 11.0. The molecule has 0 radical (unpaired) electrons. The second kappa shape index (κ2) is 6.16. The van der Waals surface area contributed by atoms with E-state index in [4.69, 9.17) is 14.6 Å². The quantitative estimate of drug-likeness (QED) is 0.848. The van der Waals surface area contributed by atoms with Gasteiger partial charge in [-0.15, -0.1) is 0 Å². The molecule has 2 aromatic rings. The first-order valence-electron chi connectivity index (χ1n) is 6.06. The smallest absolute Gasteiger partial charge is 0.354 e. The summed E-state index contributed by atoms with van der Waals surface area (Å²) in [7, 11) is 1.53. The zero-order valence-corrected chi connectivity index (χ0v) is 11.2. The van der Waals surface area contributed by atoms with Crippen LogP contribution in [0.1, 0.15) is 27.9 Å². The van der Waals surface area contributed by atoms with E-state index >= 15 is 0 Å². The van der Waals surface area contributed by atoms with Crippen LogP contribution >= 0.6 is 0 Å². The number of carboxylic acids is 1. The van der Waals surface area contributed by atoms with Crippen molar-refractivity contribution in [2.24, 2.45) is 0 Å².